The van der Waals surface area contributed by atoms with Gasteiger partial charge in [-0.1, -0.05) is 12.1 Å². The predicted molar refractivity (Wildman–Crippen MR) is 95.9 cm³/mol. The monoisotopic (exact) mass is 348 g/mol. The molecule has 0 unspecified atom stereocenters. The fourth-order valence-electron chi connectivity index (χ4n) is 4.05. The highest BCUT2D eigenvalue weighted by atomic mass is 19.1. The molecule has 1 aromatic rings. The molecule has 0 spiro atoms. The summed E-state index contributed by atoms with van der Waals surface area (Å²) in [5.74, 6) is 0.551. The largest absolute Gasteiger partial charge is 0.373 e. The number of nitrogens with zero attached hydrogens (tertiary/aromatic N) is 2. The second-order valence-corrected chi connectivity index (χ2v) is 7.60. The van der Waals surface area contributed by atoms with Crippen LogP contribution in [-0.4, -0.2) is 60.6 Å². The summed E-state index contributed by atoms with van der Waals surface area (Å²) in [4.78, 5) is 16.9. The lowest BCUT2D eigenvalue weighted by atomic mass is 9.95. The Morgan fingerprint density at radius 2 is 1.72 bits per heavy atom. The summed E-state index contributed by atoms with van der Waals surface area (Å²) >= 11 is 0. The van der Waals surface area contributed by atoms with Crippen molar-refractivity contribution >= 4 is 5.91 Å². The SMILES string of the molecule is C[C@@H]1CN(CC2CCN(C(=O)Cc3ccc(F)cc3)CC2)C[C@H](C)O1. The van der Waals surface area contributed by atoms with Gasteiger partial charge < -0.3 is 9.64 Å². The molecule has 2 heterocycles. The lowest BCUT2D eigenvalue weighted by Gasteiger charge is -2.39. The van der Waals surface area contributed by atoms with Crippen LogP contribution in [0.1, 0.15) is 32.3 Å². The molecule has 0 aromatic heterocycles. The fraction of sp³-hybridized carbons (Fsp3) is 0.650. The van der Waals surface area contributed by atoms with Crippen molar-refractivity contribution in [3.05, 3.63) is 35.6 Å². The molecule has 2 atom stereocenters. The third-order valence-electron chi connectivity index (χ3n) is 5.25. The molecule has 0 bridgehead atoms. The average molecular weight is 348 g/mol. The number of likely N-dealkylation sites (tertiary alicyclic amines) is 1. The van der Waals surface area contributed by atoms with Crippen molar-refractivity contribution in [2.75, 3.05) is 32.7 Å². The molecule has 25 heavy (non-hydrogen) atoms. The van der Waals surface area contributed by atoms with Gasteiger partial charge in [-0.05, 0) is 50.3 Å². The molecule has 138 valence electrons. The van der Waals surface area contributed by atoms with E-state index in [0.29, 0.717) is 24.5 Å². The third-order valence-corrected chi connectivity index (χ3v) is 5.25. The van der Waals surface area contributed by atoms with E-state index in [-0.39, 0.29) is 11.7 Å². The number of carbonyl (C=O) groups is 1. The number of piperidine rings is 1. The Hall–Kier alpha value is -1.46. The summed E-state index contributed by atoms with van der Waals surface area (Å²) in [6.07, 6.45) is 3.11. The van der Waals surface area contributed by atoms with Crippen LogP contribution in [0.5, 0.6) is 0 Å². The fourth-order valence-corrected chi connectivity index (χ4v) is 4.05. The molecule has 1 aromatic carbocycles. The summed E-state index contributed by atoms with van der Waals surface area (Å²) in [6, 6.07) is 6.22. The van der Waals surface area contributed by atoms with Crippen molar-refractivity contribution in [2.45, 2.75) is 45.3 Å². The van der Waals surface area contributed by atoms with Crippen LogP contribution in [0.2, 0.25) is 0 Å². The molecular weight excluding hydrogens is 319 g/mol. The Morgan fingerprint density at radius 1 is 1.12 bits per heavy atom. The number of benzene rings is 1. The zero-order chi connectivity index (χ0) is 17.8. The lowest BCUT2D eigenvalue weighted by molar-refractivity contribution is -0.132. The van der Waals surface area contributed by atoms with E-state index in [9.17, 15) is 9.18 Å². The van der Waals surface area contributed by atoms with Crippen molar-refractivity contribution in [1.29, 1.82) is 0 Å². The van der Waals surface area contributed by atoms with Gasteiger partial charge in [0.05, 0.1) is 18.6 Å². The van der Waals surface area contributed by atoms with E-state index >= 15 is 0 Å². The van der Waals surface area contributed by atoms with Gasteiger partial charge in [-0.3, -0.25) is 9.69 Å². The lowest BCUT2D eigenvalue weighted by Crippen LogP contribution is -2.48. The van der Waals surface area contributed by atoms with Gasteiger partial charge in [0, 0.05) is 32.7 Å². The highest BCUT2D eigenvalue weighted by Crippen LogP contribution is 2.21. The van der Waals surface area contributed by atoms with Crippen molar-refractivity contribution < 1.29 is 13.9 Å². The van der Waals surface area contributed by atoms with Crippen LogP contribution in [0.15, 0.2) is 24.3 Å². The van der Waals surface area contributed by atoms with E-state index in [0.717, 1.165) is 51.1 Å². The maximum atomic E-state index is 13.0. The summed E-state index contributed by atoms with van der Waals surface area (Å²) in [6.45, 7) is 9.07. The maximum Gasteiger partial charge on any atom is 0.226 e. The number of ether oxygens (including phenoxy) is 1. The van der Waals surface area contributed by atoms with E-state index in [1.54, 1.807) is 12.1 Å². The Labute approximate surface area is 149 Å². The minimum Gasteiger partial charge on any atom is -0.373 e. The zero-order valence-corrected chi connectivity index (χ0v) is 15.3. The molecule has 0 N–H and O–H groups in total. The van der Waals surface area contributed by atoms with Crippen LogP contribution in [0.4, 0.5) is 4.39 Å². The van der Waals surface area contributed by atoms with Gasteiger partial charge in [-0.15, -0.1) is 0 Å². The molecular formula is C20H29FN2O2. The number of rotatable bonds is 4. The first-order valence-electron chi connectivity index (χ1n) is 9.39. The molecule has 4 nitrogen and oxygen atoms in total. The van der Waals surface area contributed by atoms with Gasteiger partial charge >= 0.3 is 0 Å². The third kappa shape index (κ3) is 5.25. The van der Waals surface area contributed by atoms with Gasteiger partial charge in [0.15, 0.2) is 0 Å². The molecule has 1 amide bonds. The first-order chi connectivity index (χ1) is 12.0. The maximum absolute atomic E-state index is 13.0. The standard InChI is InChI=1S/C20H29FN2O2/c1-15-12-22(13-16(2)25-15)14-18-7-9-23(10-8-18)20(24)11-17-3-5-19(21)6-4-17/h3-6,15-16,18H,7-14H2,1-2H3/t15-,16+. The minimum absolute atomic E-state index is 0.152. The van der Waals surface area contributed by atoms with Crippen molar-refractivity contribution in [1.82, 2.24) is 9.80 Å². The number of hydrogen-bond acceptors (Lipinski definition) is 3. The molecule has 0 saturated carbocycles. The van der Waals surface area contributed by atoms with Crippen LogP contribution >= 0.6 is 0 Å². The first kappa shape index (κ1) is 18.3. The number of morpholine rings is 1. The van der Waals surface area contributed by atoms with Crippen LogP contribution in [-0.2, 0) is 16.0 Å². The molecule has 2 aliphatic heterocycles. The summed E-state index contributed by atoms with van der Waals surface area (Å²) in [7, 11) is 0. The highest BCUT2D eigenvalue weighted by molar-refractivity contribution is 5.78. The van der Waals surface area contributed by atoms with Crippen molar-refractivity contribution in [3.8, 4) is 0 Å². The molecule has 2 saturated heterocycles. The van der Waals surface area contributed by atoms with E-state index in [1.807, 2.05) is 4.90 Å². The van der Waals surface area contributed by atoms with Crippen LogP contribution in [0, 0.1) is 11.7 Å². The van der Waals surface area contributed by atoms with Gasteiger partial charge in [0.1, 0.15) is 5.82 Å². The summed E-state index contributed by atoms with van der Waals surface area (Å²) < 4.78 is 18.8. The predicted octanol–water partition coefficient (Wildman–Crippen LogP) is 2.72. The Kier molecular flexibility index (Phi) is 6.07. The second kappa shape index (κ2) is 8.28. The highest BCUT2D eigenvalue weighted by Gasteiger charge is 2.27. The molecule has 0 radical (unpaired) electrons. The van der Waals surface area contributed by atoms with Crippen molar-refractivity contribution in [3.63, 3.8) is 0 Å². The average Bonchev–Trinajstić information content (AvgIpc) is 2.56. The number of amides is 1. The summed E-state index contributed by atoms with van der Waals surface area (Å²) in [5, 5.41) is 0. The molecule has 5 heteroatoms. The smallest absolute Gasteiger partial charge is 0.226 e. The van der Waals surface area contributed by atoms with E-state index in [4.69, 9.17) is 4.74 Å². The first-order valence-corrected chi connectivity index (χ1v) is 9.39. The zero-order valence-electron chi connectivity index (χ0n) is 15.3. The normalized spacial score (nSPS) is 26.0. The van der Waals surface area contributed by atoms with Crippen LogP contribution in [0.3, 0.4) is 0 Å². The second-order valence-electron chi connectivity index (χ2n) is 7.60. The number of carbonyl (C=O) groups excluding carboxylic acids is 1. The van der Waals surface area contributed by atoms with E-state index < -0.39 is 0 Å². The van der Waals surface area contributed by atoms with Gasteiger partial charge in [-0.2, -0.15) is 0 Å². The molecule has 3 rings (SSSR count). The Balaban J connectivity index is 1.43. The Bertz CT molecular complexity index is 560. The van der Waals surface area contributed by atoms with Crippen LogP contribution in [0.25, 0.3) is 0 Å². The number of hydrogen-bond donors (Lipinski definition) is 0. The summed E-state index contributed by atoms with van der Waals surface area (Å²) in [5.41, 5.74) is 0.879. The van der Waals surface area contributed by atoms with Crippen molar-refractivity contribution in [2.24, 2.45) is 5.92 Å². The minimum atomic E-state index is -0.260. The quantitative estimate of drug-likeness (QED) is 0.839. The van der Waals surface area contributed by atoms with E-state index in [1.165, 1.54) is 12.1 Å². The number of halogens is 1. The molecule has 2 aliphatic rings. The topological polar surface area (TPSA) is 32.8 Å². The van der Waals surface area contributed by atoms with Gasteiger partial charge in [-0.25, -0.2) is 4.39 Å². The Morgan fingerprint density at radius 3 is 2.32 bits per heavy atom. The van der Waals surface area contributed by atoms with Crippen LogP contribution < -0.4 is 0 Å². The van der Waals surface area contributed by atoms with Gasteiger partial charge in [0.2, 0.25) is 5.91 Å². The van der Waals surface area contributed by atoms with Gasteiger partial charge in [0.25, 0.3) is 0 Å². The molecule has 0 aliphatic carbocycles. The molecule has 2 fully saturated rings. The van der Waals surface area contributed by atoms with E-state index in [2.05, 4.69) is 18.7 Å².